The van der Waals surface area contributed by atoms with Gasteiger partial charge in [-0.25, -0.2) is 4.98 Å². The third-order valence-electron chi connectivity index (χ3n) is 5.96. The molecular weight excluding hydrogens is 410 g/mol. The summed E-state index contributed by atoms with van der Waals surface area (Å²) in [7, 11) is 0. The van der Waals surface area contributed by atoms with Crippen molar-refractivity contribution in [3.63, 3.8) is 0 Å². The van der Waals surface area contributed by atoms with Crippen LogP contribution in [0.4, 0.5) is 0 Å². The van der Waals surface area contributed by atoms with Crippen molar-refractivity contribution >= 4 is 16.9 Å². The van der Waals surface area contributed by atoms with Crippen LogP contribution in [0.2, 0.25) is 0 Å². The molecule has 1 N–H and O–H groups in total. The van der Waals surface area contributed by atoms with E-state index in [0.29, 0.717) is 13.2 Å². The number of para-hydroxylation sites is 3. The lowest BCUT2D eigenvalue weighted by Crippen LogP contribution is -2.25. The molecule has 3 aromatic carbocycles. The van der Waals surface area contributed by atoms with E-state index in [0.717, 1.165) is 64.2 Å². The number of carbonyl (C=O) groups is 1. The molecule has 5 nitrogen and oxygen atoms in total. The Morgan fingerprint density at radius 3 is 2.39 bits per heavy atom. The topological polar surface area (TPSA) is 56.2 Å². The number of hydrogen-bond acceptors (Lipinski definition) is 3. The van der Waals surface area contributed by atoms with Gasteiger partial charge in [0.25, 0.3) is 5.91 Å². The van der Waals surface area contributed by atoms with Crippen LogP contribution in [0.3, 0.4) is 0 Å². The second kappa shape index (κ2) is 10.3. The smallest absolute Gasteiger partial charge is 0.251 e. The van der Waals surface area contributed by atoms with Crippen molar-refractivity contribution in [2.75, 3.05) is 13.2 Å². The van der Waals surface area contributed by atoms with Crippen LogP contribution >= 0.6 is 0 Å². The van der Waals surface area contributed by atoms with Gasteiger partial charge in [-0.2, -0.15) is 0 Å². The maximum Gasteiger partial charge on any atom is 0.251 e. The number of ether oxygens (including phenoxy) is 1. The molecule has 0 bridgehead atoms. The van der Waals surface area contributed by atoms with Crippen LogP contribution in [-0.2, 0) is 13.0 Å². The fraction of sp³-hybridized carbons (Fsp3) is 0.286. The number of imidazole rings is 1. The highest BCUT2D eigenvalue weighted by Crippen LogP contribution is 2.23. The third-order valence-corrected chi connectivity index (χ3v) is 5.96. The van der Waals surface area contributed by atoms with Crippen LogP contribution in [0.25, 0.3) is 11.0 Å². The number of nitrogens with zero attached hydrogens (tertiary/aromatic N) is 2. The number of amides is 1. The maximum atomic E-state index is 12.5. The summed E-state index contributed by atoms with van der Waals surface area (Å²) >= 11 is 0. The molecule has 33 heavy (non-hydrogen) atoms. The van der Waals surface area contributed by atoms with Gasteiger partial charge in [0.2, 0.25) is 0 Å². The molecule has 0 spiro atoms. The van der Waals surface area contributed by atoms with Gasteiger partial charge in [-0.15, -0.1) is 0 Å². The number of nitrogens with one attached hydrogen (secondary N) is 1. The normalized spacial score (nSPS) is 11.0. The summed E-state index contributed by atoms with van der Waals surface area (Å²) in [5.74, 6) is 1.96. The molecular formula is C28H31N3O2. The maximum absolute atomic E-state index is 12.5. The fourth-order valence-corrected chi connectivity index (χ4v) is 4.20. The number of rotatable bonds is 9. The zero-order chi connectivity index (χ0) is 23.2. The molecule has 4 aromatic rings. The first-order valence-electron chi connectivity index (χ1n) is 11.5. The summed E-state index contributed by atoms with van der Waals surface area (Å²) in [5, 5.41) is 3.04. The molecule has 0 radical (unpaired) electrons. The minimum absolute atomic E-state index is 0.0244. The van der Waals surface area contributed by atoms with Crippen LogP contribution in [0.1, 0.15) is 39.3 Å². The van der Waals surface area contributed by atoms with E-state index in [4.69, 9.17) is 9.72 Å². The van der Waals surface area contributed by atoms with E-state index < -0.39 is 0 Å². The summed E-state index contributed by atoms with van der Waals surface area (Å²) in [5.41, 5.74) is 6.12. The van der Waals surface area contributed by atoms with Gasteiger partial charge in [0.15, 0.2) is 0 Å². The molecule has 0 aliphatic heterocycles. The first-order chi connectivity index (χ1) is 16.0. The van der Waals surface area contributed by atoms with Crippen molar-refractivity contribution in [3.8, 4) is 5.75 Å². The number of aromatic nitrogens is 2. The number of fused-ring (bicyclic) bond motifs is 1. The van der Waals surface area contributed by atoms with Crippen molar-refractivity contribution in [2.45, 2.75) is 40.2 Å². The summed E-state index contributed by atoms with van der Waals surface area (Å²) in [6, 6.07) is 22.1. The van der Waals surface area contributed by atoms with Crippen LogP contribution < -0.4 is 10.1 Å². The van der Waals surface area contributed by atoms with E-state index in [-0.39, 0.29) is 5.91 Å². The highest BCUT2D eigenvalue weighted by Gasteiger charge is 2.12. The number of aryl methyl sites for hydroxylation is 4. The van der Waals surface area contributed by atoms with Crippen molar-refractivity contribution in [1.29, 1.82) is 0 Å². The van der Waals surface area contributed by atoms with E-state index in [9.17, 15) is 4.79 Å². The fourth-order valence-electron chi connectivity index (χ4n) is 4.20. The average molecular weight is 442 g/mol. The Labute approximate surface area is 195 Å². The highest BCUT2D eigenvalue weighted by molar-refractivity contribution is 5.95. The molecule has 1 amide bonds. The molecule has 0 aliphatic rings. The lowest BCUT2D eigenvalue weighted by Gasteiger charge is -2.14. The standard InChI is InChI=1S/C28H31N3O2/c1-20-10-4-5-13-23(20)28(32)29-17-9-16-26-30-24-14-6-7-15-25(24)31(26)18-19-33-27-21(2)11-8-12-22(27)3/h4-8,10-15H,9,16-19H2,1-3H3,(H,29,32). The lowest BCUT2D eigenvalue weighted by molar-refractivity contribution is 0.0952. The first-order valence-corrected chi connectivity index (χ1v) is 11.5. The van der Waals surface area contributed by atoms with Crippen molar-refractivity contribution in [1.82, 2.24) is 14.9 Å². The van der Waals surface area contributed by atoms with Gasteiger partial charge in [-0.1, -0.05) is 48.5 Å². The number of carbonyl (C=O) groups excluding carboxylic acids is 1. The Bertz CT molecular complexity index is 1240. The molecule has 4 rings (SSSR count). The molecule has 0 saturated carbocycles. The zero-order valence-electron chi connectivity index (χ0n) is 19.6. The molecule has 0 unspecified atom stereocenters. The number of hydrogen-bond donors (Lipinski definition) is 1. The Balaban J connectivity index is 1.40. The Kier molecular flexibility index (Phi) is 7.08. The molecule has 1 heterocycles. The van der Waals surface area contributed by atoms with E-state index >= 15 is 0 Å². The monoisotopic (exact) mass is 441 g/mol. The quantitative estimate of drug-likeness (QED) is 0.354. The molecule has 0 fully saturated rings. The molecule has 1 aromatic heterocycles. The Morgan fingerprint density at radius 1 is 0.909 bits per heavy atom. The van der Waals surface area contributed by atoms with E-state index in [1.54, 1.807) is 0 Å². The van der Waals surface area contributed by atoms with Gasteiger partial charge in [0.1, 0.15) is 18.2 Å². The summed E-state index contributed by atoms with van der Waals surface area (Å²) in [4.78, 5) is 17.3. The van der Waals surface area contributed by atoms with E-state index in [1.807, 2.05) is 49.4 Å². The number of benzene rings is 3. The predicted octanol–water partition coefficient (Wildman–Crippen LogP) is 5.40. The molecule has 0 atom stereocenters. The van der Waals surface area contributed by atoms with Crippen LogP contribution in [0.15, 0.2) is 66.7 Å². The Morgan fingerprint density at radius 2 is 1.61 bits per heavy atom. The molecule has 0 saturated heterocycles. The summed E-state index contributed by atoms with van der Waals surface area (Å²) in [6.45, 7) is 8.01. The van der Waals surface area contributed by atoms with Gasteiger partial charge < -0.3 is 14.6 Å². The SMILES string of the molecule is Cc1ccccc1C(=O)NCCCc1nc2ccccc2n1CCOc1c(C)cccc1C. The molecule has 5 heteroatoms. The van der Waals surface area contributed by atoms with Crippen molar-refractivity contribution < 1.29 is 9.53 Å². The highest BCUT2D eigenvalue weighted by atomic mass is 16.5. The largest absolute Gasteiger partial charge is 0.491 e. The van der Waals surface area contributed by atoms with E-state index in [2.05, 4.69) is 48.0 Å². The van der Waals surface area contributed by atoms with Crippen molar-refractivity contribution in [3.05, 3.63) is 94.8 Å². The van der Waals surface area contributed by atoms with Crippen LogP contribution in [0, 0.1) is 20.8 Å². The van der Waals surface area contributed by atoms with E-state index in [1.165, 1.54) is 0 Å². The minimum atomic E-state index is -0.0244. The van der Waals surface area contributed by atoms with Gasteiger partial charge >= 0.3 is 0 Å². The van der Waals surface area contributed by atoms with Crippen molar-refractivity contribution in [2.24, 2.45) is 0 Å². The average Bonchev–Trinajstić information content (AvgIpc) is 3.16. The van der Waals surface area contributed by atoms with Gasteiger partial charge in [0, 0.05) is 18.5 Å². The van der Waals surface area contributed by atoms with Gasteiger partial charge in [-0.05, 0) is 62.1 Å². The summed E-state index contributed by atoms with van der Waals surface area (Å²) < 4.78 is 8.40. The predicted molar refractivity (Wildman–Crippen MR) is 133 cm³/mol. The second-order valence-electron chi connectivity index (χ2n) is 8.41. The van der Waals surface area contributed by atoms with Gasteiger partial charge in [-0.3, -0.25) is 4.79 Å². The van der Waals surface area contributed by atoms with Crippen LogP contribution in [0.5, 0.6) is 5.75 Å². The first kappa shape index (κ1) is 22.6. The molecule has 0 aliphatic carbocycles. The minimum Gasteiger partial charge on any atom is -0.491 e. The van der Waals surface area contributed by atoms with Gasteiger partial charge in [0.05, 0.1) is 17.6 Å². The van der Waals surface area contributed by atoms with Crippen LogP contribution in [-0.4, -0.2) is 28.6 Å². The second-order valence-corrected chi connectivity index (χ2v) is 8.41. The lowest BCUT2D eigenvalue weighted by atomic mass is 10.1. The molecule has 170 valence electrons. The summed E-state index contributed by atoms with van der Waals surface area (Å²) in [6.07, 6.45) is 1.60. The zero-order valence-corrected chi connectivity index (χ0v) is 19.6. The Hall–Kier alpha value is -3.60. The third kappa shape index (κ3) is 5.25.